The number of nitrogens with zero attached hydrogens (tertiary/aromatic N) is 4. The number of carbonyl (C=O) groups excluding carboxylic acids is 1. The lowest BCUT2D eigenvalue weighted by atomic mass is 9.92. The number of amides is 1. The van der Waals surface area contributed by atoms with E-state index < -0.39 is 5.97 Å². The van der Waals surface area contributed by atoms with Gasteiger partial charge in [0.1, 0.15) is 23.3 Å². The van der Waals surface area contributed by atoms with Crippen LogP contribution in [-0.4, -0.2) is 83.4 Å². The first-order chi connectivity index (χ1) is 25.6. The molecule has 0 unspecified atom stereocenters. The number of methoxy groups -OCH3 is 2. The molecule has 53 heavy (non-hydrogen) atoms. The van der Waals surface area contributed by atoms with Crippen molar-refractivity contribution in [2.45, 2.75) is 45.9 Å². The molecule has 3 N–H and O–H groups in total. The Hall–Kier alpha value is -5.54. The zero-order chi connectivity index (χ0) is 37.6. The summed E-state index contributed by atoms with van der Waals surface area (Å²) in [4.78, 5) is 33.6. The minimum atomic E-state index is -0.751. The maximum absolute atomic E-state index is 13.4. The molecule has 274 valence electrons. The van der Waals surface area contributed by atoms with Gasteiger partial charge in [-0.3, -0.25) is 24.4 Å². The monoisotopic (exact) mass is 715 g/mol. The largest absolute Gasteiger partial charge is 0.496 e. The Kier molecular flexibility index (Phi) is 11.5. The molecule has 11 nitrogen and oxygen atoms in total. The fourth-order valence-electron chi connectivity index (χ4n) is 7.26. The second kappa shape index (κ2) is 16.4. The molecule has 3 heterocycles. The topological polar surface area (TPSA) is 148 Å². The number of pyridine rings is 1. The summed E-state index contributed by atoms with van der Waals surface area (Å²) in [7, 11) is 3.20. The van der Waals surface area contributed by atoms with E-state index in [2.05, 4.69) is 32.2 Å². The number of aliphatic hydroxyl groups is 1. The van der Waals surface area contributed by atoms with Crippen LogP contribution in [0.4, 0.5) is 5.69 Å². The van der Waals surface area contributed by atoms with Gasteiger partial charge in [-0.25, -0.2) is 0 Å². The summed E-state index contributed by atoms with van der Waals surface area (Å²) in [6, 6.07) is 19.4. The zero-order valence-corrected chi connectivity index (χ0v) is 30.6. The van der Waals surface area contributed by atoms with E-state index in [1.54, 1.807) is 26.5 Å². The number of aliphatic carboxylic acids is 1. The van der Waals surface area contributed by atoms with Crippen LogP contribution in [0.15, 0.2) is 60.8 Å². The summed E-state index contributed by atoms with van der Waals surface area (Å²) in [6.07, 6.45) is 6.60. The number of aromatic nitrogens is 1. The van der Waals surface area contributed by atoms with E-state index in [0.29, 0.717) is 49.6 Å². The number of rotatable bonds is 12. The summed E-state index contributed by atoms with van der Waals surface area (Å²) in [6.45, 7) is 7.76. The predicted molar refractivity (Wildman–Crippen MR) is 204 cm³/mol. The summed E-state index contributed by atoms with van der Waals surface area (Å²) >= 11 is 0. The standard InChI is InChI=1S/C42H45N5O6/c1-26-17-31(23-46-15-13-30(22-46)42(50)51)39(52-3)18-29(26)12-11-28-7-5-9-35(36(28)20-43)34-8-6-10-37(27(34)2)45-41(49)38-19-40(53-4)32(21-44-38)24-47-16-14-33(48)25-47/h5-12,17-19,21,30,33,48H,13-16,22-25H2,1-4H3,(H,45,49)(H,50,51)/b12-11+/t30-,33-/m1/s1. The van der Waals surface area contributed by atoms with Gasteiger partial charge in [-0.2, -0.15) is 5.26 Å². The molecule has 0 saturated carbocycles. The minimum absolute atomic E-state index is 0.213. The number of nitriles is 1. The van der Waals surface area contributed by atoms with Crippen LogP contribution in [0.2, 0.25) is 0 Å². The highest BCUT2D eigenvalue weighted by atomic mass is 16.5. The van der Waals surface area contributed by atoms with Crippen molar-refractivity contribution in [2.24, 2.45) is 5.92 Å². The van der Waals surface area contributed by atoms with Gasteiger partial charge in [-0.05, 0) is 73.2 Å². The second-order valence-electron chi connectivity index (χ2n) is 13.8. The van der Waals surface area contributed by atoms with Crippen LogP contribution in [-0.2, 0) is 17.9 Å². The van der Waals surface area contributed by atoms with E-state index in [9.17, 15) is 25.1 Å². The number of anilines is 1. The fourth-order valence-corrected chi connectivity index (χ4v) is 7.26. The number of carboxylic acids is 1. The molecule has 1 amide bonds. The summed E-state index contributed by atoms with van der Waals surface area (Å²) in [5, 5.41) is 32.7. The van der Waals surface area contributed by atoms with Crippen LogP contribution >= 0.6 is 0 Å². The maximum atomic E-state index is 13.4. The van der Waals surface area contributed by atoms with E-state index in [1.807, 2.05) is 68.5 Å². The van der Waals surface area contributed by atoms with Crippen molar-refractivity contribution in [2.75, 3.05) is 45.7 Å². The molecule has 2 aliphatic heterocycles. The normalized spacial score (nSPS) is 17.6. The Labute approximate surface area is 310 Å². The number of hydrogen-bond donors (Lipinski definition) is 3. The Morgan fingerprint density at radius 2 is 1.60 bits per heavy atom. The third-order valence-electron chi connectivity index (χ3n) is 10.2. The van der Waals surface area contributed by atoms with Crippen molar-refractivity contribution in [1.29, 1.82) is 5.26 Å². The van der Waals surface area contributed by atoms with Gasteiger partial charge in [-0.1, -0.05) is 48.6 Å². The SMILES string of the molecule is COc1cc(C(=O)Nc2cccc(-c3cccc(/C=C/c4cc(OC)c(CN5CC[C@@H](C(=O)O)C5)cc4C)c3C#N)c2C)ncc1CN1CC[C@@H](O)C1. The molecule has 1 aromatic heterocycles. The highest BCUT2D eigenvalue weighted by Crippen LogP contribution is 2.34. The Morgan fingerprint density at radius 3 is 2.30 bits per heavy atom. The smallest absolute Gasteiger partial charge is 0.307 e. The van der Waals surface area contributed by atoms with Gasteiger partial charge in [0.2, 0.25) is 0 Å². The number of likely N-dealkylation sites (tertiary alicyclic amines) is 2. The molecule has 6 rings (SSSR count). The lowest BCUT2D eigenvalue weighted by molar-refractivity contribution is -0.141. The van der Waals surface area contributed by atoms with Crippen molar-refractivity contribution in [3.63, 3.8) is 0 Å². The first kappa shape index (κ1) is 37.2. The second-order valence-corrected chi connectivity index (χ2v) is 13.8. The zero-order valence-electron chi connectivity index (χ0n) is 30.6. The van der Waals surface area contributed by atoms with Crippen LogP contribution in [0, 0.1) is 31.1 Å². The van der Waals surface area contributed by atoms with Crippen LogP contribution < -0.4 is 14.8 Å². The molecule has 0 spiro atoms. The summed E-state index contributed by atoms with van der Waals surface area (Å²) < 4.78 is 11.3. The van der Waals surface area contributed by atoms with Crippen LogP contribution in [0.5, 0.6) is 11.5 Å². The number of ether oxygens (including phenoxy) is 2. The Morgan fingerprint density at radius 1 is 0.925 bits per heavy atom. The van der Waals surface area contributed by atoms with Crippen molar-refractivity contribution >= 4 is 29.7 Å². The van der Waals surface area contributed by atoms with E-state index in [-0.39, 0.29) is 23.6 Å². The highest BCUT2D eigenvalue weighted by molar-refractivity contribution is 6.04. The average molecular weight is 716 g/mol. The number of β-amino-alcohol motifs (C(OH)–C–C–N with tert-alkyl or cyclic N) is 1. The predicted octanol–water partition coefficient (Wildman–Crippen LogP) is 6.15. The van der Waals surface area contributed by atoms with E-state index in [0.717, 1.165) is 69.8 Å². The number of carbonyl (C=O) groups is 2. The van der Waals surface area contributed by atoms with Crippen molar-refractivity contribution in [3.05, 3.63) is 105 Å². The van der Waals surface area contributed by atoms with Crippen LogP contribution in [0.25, 0.3) is 23.3 Å². The lowest BCUT2D eigenvalue weighted by Crippen LogP contribution is -2.23. The van der Waals surface area contributed by atoms with Crippen molar-refractivity contribution in [3.8, 4) is 28.7 Å². The molecule has 0 radical (unpaired) electrons. The minimum Gasteiger partial charge on any atom is -0.496 e. The van der Waals surface area contributed by atoms with Gasteiger partial charge in [0.05, 0.1) is 31.8 Å². The summed E-state index contributed by atoms with van der Waals surface area (Å²) in [5.41, 5.74) is 8.26. The molecule has 3 aromatic carbocycles. The lowest BCUT2D eigenvalue weighted by Gasteiger charge is -2.19. The molecule has 4 aromatic rings. The first-order valence-electron chi connectivity index (χ1n) is 17.8. The molecule has 2 atom stereocenters. The third kappa shape index (κ3) is 8.42. The van der Waals surface area contributed by atoms with E-state index in [1.165, 1.54) is 0 Å². The average Bonchev–Trinajstić information content (AvgIpc) is 3.80. The molecular formula is C42H45N5O6. The first-order valence-corrected chi connectivity index (χ1v) is 17.8. The van der Waals surface area contributed by atoms with Gasteiger partial charge in [-0.15, -0.1) is 0 Å². The van der Waals surface area contributed by atoms with Crippen LogP contribution in [0.3, 0.4) is 0 Å². The molecular weight excluding hydrogens is 670 g/mol. The van der Waals surface area contributed by atoms with E-state index in [4.69, 9.17) is 9.47 Å². The molecule has 11 heteroatoms. The fraction of sp³-hybridized carbons (Fsp3) is 0.333. The molecule has 2 aliphatic rings. The summed E-state index contributed by atoms with van der Waals surface area (Å²) in [5.74, 6) is -0.190. The number of hydrogen-bond acceptors (Lipinski definition) is 9. The maximum Gasteiger partial charge on any atom is 0.307 e. The highest BCUT2D eigenvalue weighted by Gasteiger charge is 2.28. The Bertz CT molecular complexity index is 2090. The molecule has 0 bridgehead atoms. The van der Waals surface area contributed by atoms with E-state index >= 15 is 0 Å². The third-order valence-corrected chi connectivity index (χ3v) is 10.2. The molecule has 2 saturated heterocycles. The number of benzene rings is 3. The van der Waals surface area contributed by atoms with Gasteiger partial charge < -0.3 is 25.0 Å². The van der Waals surface area contributed by atoms with Gasteiger partial charge in [0.15, 0.2) is 0 Å². The van der Waals surface area contributed by atoms with Gasteiger partial charge >= 0.3 is 5.97 Å². The number of carboxylic acid groups (broad SMARTS) is 1. The Balaban J connectivity index is 1.21. The van der Waals surface area contributed by atoms with Crippen molar-refractivity contribution < 1.29 is 29.3 Å². The van der Waals surface area contributed by atoms with Crippen molar-refractivity contribution in [1.82, 2.24) is 14.8 Å². The van der Waals surface area contributed by atoms with Gasteiger partial charge in [0, 0.05) is 67.4 Å². The van der Waals surface area contributed by atoms with Gasteiger partial charge in [0.25, 0.3) is 5.91 Å². The quantitative estimate of drug-likeness (QED) is 0.146. The molecule has 0 aliphatic carbocycles. The number of nitrogens with one attached hydrogen (secondary N) is 1. The molecule has 2 fully saturated rings. The number of aryl methyl sites for hydroxylation is 1. The number of aliphatic hydroxyl groups excluding tert-OH is 1. The van der Waals surface area contributed by atoms with Crippen LogP contribution in [0.1, 0.15) is 62.3 Å².